The van der Waals surface area contributed by atoms with Crippen molar-refractivity contribution in [2.75, 3.05) is 47.5 Å². The summed E-state index contributed by atoms with van der Waals surface area (Å²) < 4.78 is 22.9. The molecule has 0 fully saturated rings. The highest BCUT2D eigenvalue weighted by Crippen LogP contribution is 2.18. The molecule has 2 unspecified atom stereocenters. The molecule has 2 atom stereocenters. The fraction of sp³-hybridized carbons (Fsp3) is 0.731. The van der Waals surface area contributed by atoms with Gasteiger partial charge in [0.05, 0.1) is 34.4 Å². The highest BCUT2D eigenvalue weighted by molar-refractivity contribution is 5.71. The van der Waals surface area contributed by atoms with Crippen molar-refractivity contribution in [1.82, 2.24) is 0 Å². The number of quaternary nitrogens is 1. The molecule has 0 heterocycles. The topological polar surface area (TPSA) is 108 Å². The lowest BCUT2D eigenvalue weighted by atomic mass is 10.0. The number of ether oxygens (including phenoxy) is 4. The van der Waals surface area contributed by atoms with Gasteiger partial charge in [0.25, 0.3) is 6.29 Å². The lowest BCUT2D eigenvalue weighted by molar-refractivity contribution is -0.870. The average Bonchev–Trinajstić information content (AvgIpc) is 3.50. The Morgan fingerprint density at radius 1 is 0.356 bits per heavy atom. The number of rotatable bonds is 66. The Morgan fingerprint density at radius 3 is 0.977 bits per heavy atom. The summed E-state index contributed by atoms with van der Waals surface area (Å²) in [6.07, 6.45) is 92.2. The molecular weight excluding hydrogens is 1080 g/mol. The zero-order valence-corrected chi connectivity index (χ0v) is 57.2. The number of likely N-dealkylation sites (N-methyl/N-ethyl adjacent to an activating group) is 1. The van der Waals surface area contributed by atoms with Gasteiger partial charge < -0.3 is 28.5 Å². The number of carboxylic acid groups (broad SMARTS) is 1. The Balaban J connectivity index is 4.05. The SMILES string of the molecule is CC/C=C\C/C=C\C/C=C\C/C=C\C/C=C\C/C=C\CCCCCCC(=O)OC(COC(=O)CCCCCCCCCCCCCCCCCCCCCCCCCC/C=C\C/C=C\C/C=C\CCCCCCC)COC(OCC[N+](C)(C)C)C(=O)O. The second-order valence-electron chi connectivity index (χ2n) is 25.2. The number of hydrogen-bond donors (Lipinski definition) is 1. The molecule has 87 heavy (non-hydrogen) atoms. The van der Waals surface area contributed by atoms with Gasteiger partial charge in [0.15, 0.2) is 6.10 Å². The minimum absolute atomic E-state index is 0.178. The van der Waals surface area contributed by atoms with E-state index >= 15 is 0 Å². The maximum absolute atomic E-state index is 12.9. The van der Waals surface area contributed by atoms with E-state index in [4.69, 9.17) is 18.9 Å². The number of esters is 2. The van der Waals surface area contributed by atoms with Crippen molar-refractivity contribution in [3.05, 3.63) is 109 Å². The van der Waals surface area contributed by atoms with E-state index in [0.29, 0.717) is 23.9 Å². The number of hydrogen-bond acceptors (Lipinski definition) is 7. The second-order valence-corrected chi connectivity index (χ2v) is 25.2. The van der Waals surface area contributed by atoms with E-state index in [-0.39, 0.29) is 32.2 Å². The first-order valence-corrected chi connectivity index (χ1v) is 36.1. The number of carbonyl (C=O) groups is 3. The molecule has 0 radical (unpaired) electrons. The van der Waals surface area contributed by atoms with Gasteiger partial charge in [-0.05, 0) is 103 Å². The molecular formula is C78H136NO8+. The summed E-state index contributed by atoms with van der Waals surface area (Å²) in [5.41, 5.74) is 0. The fourth-order valence-electron chi connectivity index (χ4n) is 10.0. The van der Waals surface area contributed by atoms with Crippen LogP contribution >= 0.6 is 0 Å². The Labute approximate surface area is 536 Å². The van der Waals surface area contributed by atoms with Crippen molar-refractivity contribution >= 4 is 17.9 Å². The highest BCUT2D eigenvalue weighted by atomic mass is 16.7. The summed E-state index contributed by atoms with van der Waals surface area (Å²) in [7, 11) is 5.97. The van der Waals surface area contributed by atoms with Gasteiger partial charge in [-0.3, -0.25) is 9.59 Å². The van der Waals surface area contributed by atoms with E-state index in [2.05, 4.69) is 123 Å². The van der Waals surface area contributed by atoms with Crippen LogP contribution in [-0.4, -0.2) is 87.4 Å². The Kier molecular flexibility index (Phi) is 64.7. The highest BCUT2D eigenvalue weighted by Gasteiger charge is 2.25. The van der Waals surface area contributed by atoms with Crippen LogP contribution in [0.2, 0.25) is 0 Å². The zero-order valence-electron chi connectivity index (χ0n) is 57.2. The molecule has 0 saturated carbocycles. The Hall–Kier alpha value is -4.05. The first-order chi connectivity index (χ1) is 42.6. The predicted octanol–water partition coefficient (Wildman–Crippen LogP) is 22.6. The molecule has 0 aliphatic carbocycles. The van der Waals surface area contributed by atoms with E-state index in [9.17, 15) is 19.5 Å². The van der Waals surface area contributed by atoms with Crippen LogP contribution in [0.4, 0.5) is 0 Å². The minimum atomic E-state index is -1.52. The van der Waals surface area contributed by atoms with Gasteiger partial charge in [-0.2, -0.15) is 0 Å². The lowest BCUT2D eigenvalue weighted by Crippen LogP contribution is -2.40. The van der Waals surface area contributed by atoms with E-state index in [1.807, 2.05) is 21.1 Å². The monoisotopic (exact) mass is 1220 g/mol. The van der Waals surface area contributed by atoms with Gasteiger partial charge in [0.2, 0.25) is 0 Å². The molecule has 9 heteroatoms. The molecule has 0 aliphatic rings. The minimum Gasteiger partial charge on any atom is -0.477 e. The van der Waals surface area contributed by atoms with Gasteiger partial charge in [-0.1, -0.05) is 303 Å². The molecule has 0 aliphatic heterocycles. The molecule has 0 aromatic rings. The first-order valence-electron chi connectivity index (χ1n) is 36.1. The van der Waals surface area contributed by atoms with Gasteiger partial charge in [-0.25, -0.2) is 4.79 Å². The summed E-state index contributed by atoms with van der Waals surface area (Å²) in [6.45, 7) is 4.74. The molecule has 0 rings (SSSR count). The number of carbonyl (C=O) groups excluding carboxylic acids is 2. The van der Waals surface area contributed by atoms with Gasteiger partial charge in [0.1, 0.15) is 13.2 Å². The van der Waals surface area contributed by atoms with Crippen LogP contribution < -0.4 is 0 Å². The zero-order chi connectivity index (χ0) is 63.3. The molecule has 9 nitrogen and oxygen atoms in total. The molecule has 0 saturated heterocycles. The first kappa shape index (κ1) is 83.0. The van der Waals surface area contributed by atoms with Crippen LogP contribution in [0.3, 0.4) is 0 Å². The van der Waals surface area contributed by atoms with Crippen LogP contribution in [0.5, 0.6) is 0 Å². The number of unbranched alkanes of at least 4 members (excludes halogenated alkanes) is 33. The fourth-order valence-corrected chi connectivity index (χ4v) is 10.0. The van der Waals surface area contributed by atoms with Gasteiger partial charge in [0, 0.05) is 12.8 Å². The number of allylic oxidation sites excluding steroid dienone is 18. The van der Waals surface area contributed by atoms with Gasteiger partial charge in [-0.15, -0.1) is 0 Å². The third-order valence-electron chi connectivity index (χ3n) is 15.5. The van der Waals surface area contributed by atoms with Crippen molar-refractivity contribution in [1.29, 1.82) is 0 Å². The summed E-state index contributed by atoms with van der Waals surface area (Å²) in [4.78, 5) is 37.6. The Morgan fingerprint density at radius 2 is 0.655 bits per heavy atom. The van der Waals surface area contributed by atoms with E-state index in [0.717, 1.165) is 96.3 Å². The van der Waals surface area contributed by atoms with Crippen molar-refractivity contribution in [2.45, 2.75) is 322 Å². The van der Waals surface area contributed by atoms with Crippen LogP contribution in [0.25, 0.3) is 0 Å². The number of carboxylic acids is 1. The summed E-state index contributed by atoms with van der Waals surface area (Å²) in [5.74, 6) is -2.04. The van der Waals surface area contributed by atoms with Crippen LogP contribution in [0.1, 0.15) is 309 Å². The van der Waals surface area contributed by atoms with Crippen molar-refractivity contribution in [3.8, 4) is 0 Å². The molecule has 0 spiro atoms. The van der Waals surface area contributed by atoms with E-state index in [1.165, 1.54) is 180 Å². The molecule has 1 N–H and O–H groups in total. The lowest BCUT2D eigenvalue weighted by Gasteiger charge is -2.25. The number of aliphatic carboxylic acids is 1. The van der Waals surface area contributed by atoms with Crippen LogP contribution in [0, 0.1) is 0 Å². The van der Waals surface area contributed by atoms with Gasteiger partial charge >= 0.3 is 17.9 Å². The molecule has 0 bridgehead atoms. The van der Waals surface area contributed by atoms with Crippen LogP contribution in [0.15, 0.2) is 109 Å². The molecule has 0 amide bonds. The van der Waals surface area contributed by atoms with E-state index < -0.39 is 24.3 Å². The molecule has 500 valence electrons. The average molecular weight is 1220 g/mol. The third kappa shape index (κ3) is 69.3. The van der Waals surface area contributed by atoms with Crippen molar-refractivity contribution in [3.63, 3.8) is 0 Å². The third-order valence-corrected chi connectivity index (χ3v) is 15.5. The maximum Gasteiger partial charge on any atom is 0.361 e. The largest absolute Gasteiger partial charge is 0.477 e. The quantitative estimate of drug-likeness (QED) is 0.0211. The summed E-state index contributed by atoms with van der Waals surface area (Å²) in [6, 6.07) is 0. The predicted molar refractivity (Wildman–Crippen MR) is 373 cm³/mol. The van der Waals surface area contributed by atoms with Crippen LogP contribution in [-0.2, 0) is 33.3 Å². The van der Waals surface area contributed by atoms with E-state index in [1.54, 1.807) is 0 Å². The normalized spacial score (nSPS) is 13.3. The molecule has 0 aromatic heterocycles. The maximum atomic E-state index is 12.9. The summed E-state index contributed by atoms with van der Waals surface area (Å²) >= 11 is 0. The Bertz CT molecular complexity index is 1800. The summed E-state index contributed by atoms with van der Waals surface area (Å²) in [5, 5.41) is 9.74. The van der Waals surface area contributed by atoms with Crippen molar-refractivity contribution < 1.29 is 42.9 Å². The molecule has 0 aromatic carbocycles. The standard InChI is InChI=1S/C78H135NO8/c1-6-8-10-12-14-16-18-20-22-24-26-28-30-31-32-33-34-35-36-37-38-39-40-41-42-43-44-45-47-48-50-52-54-56-58-60-62-64-66-68-75(80)85-72-74(73-86-78(77(82)83)84-71-70-79(3,4)5)87-76(81)69-67-65-63-61-59-57-55-53-51-49-46-29-27-25-23-21-19-17-15-13-11-9-7-2/h9,11,15,17-18,20-21,23-24,26-27,29-31,49,51,55,57,74,78H,6-8,10,12-14,16,19,22,25,28,32-48,50,52-54,56,58-73H2,1-5H3/p+1/b11-9-,17-15-,20-18-,23-21-,26-24-,29-27-,31-30-,51-49-,57-55-. The number of nitrogens with zero attached hydrogens (tertiary/aromatic N) is 1. The second kappa shape index (κ2) is 67.9. The smallest absolute Gasteiger partial charge is 0.361 e. The van der Waals surface area contributed by atoms with Crippen molar-refractivity contribution in [2.24, 2.45) is 0 Å².